The fraction of sp³-hybridized carbons (Fsp3) is 0.0952. The van der Waals surface area contributed by atoms with E-state index in [-0.39, 0.29) is 11.7 Å². The predicted molar refractivity (Wildman–Crippen MR) is 111 cm³/mol. The van der Waals surface area contributed by atoms with Gasteiger partial charge in [-0.3, -0.25) is 14.5 Å². The summed E-state index contributed by atoms with van der Waals surface area (Å²) in [5, 5.41) is 2.86. The minimum atomic E-state index is -0.169. The first kappa shape index (κ1) is 19.0. The molecule has 3 rings (SSSR count). The van der Waals surface area contributed by atoms with Gasteiger partial charge in [-0.1, -0.05) is 47.5 Å². The number of carbonyl (C=O) groups excluding carboxylic acids is 2. The van der Waals surface area contributed by atoms with E-state index in [0.29, 0.717) is 27.1 Å². The van der Waals surface area contributed by atoms with Gasteiger partial charge in [-0.15, -0.1) is 11.3 Å². The summed E-state index contributed by atoms with van der Waals surface area (Å²) in [6.07, 6.45) is 3.14. The molecule has 0 N–H and O–H groups in total. The molecule has 0 atom stereocenters. The topological polar surface area (TPSA) is 50.3 Å². The van der Waals surface area contributed by atoms with Crippen molar-refractivity contribution in [1.29, 1.82) is 0 Å². The Morgan fingerprint density at radius 1 is 1.15 bits per heavy atom. The second-order valence-corrected chi connectivity index (χ2v) is 7.23. The molecule has 2 aromatic carbocycles. The number of anilines is 2. The molecule has 1 amide bonds. The van der Waals surface area contributed by atoms with Gasteiger partial charge in [0.1, 0.15) is 0 Å². The third kappa shape index (κ3) is 4.70. The quantitative estimate of drug-likeness (QED) is 0.411. The maximum absolute atomic E-state index is 12.2. The number of amides is 1. The van der Waals surface area contributed by atoms with Crippen LogP contribution < -0.4 is 4.90 Å². The highest BCUT2D eigenvalue weighted by atomic mass is 35.5. The molecule has 0 aliphatic rings. The number of aromatic nitrogens is 1. The van der Waals surface area contributed by atoms with Gasteiger partial charge < -0.3 is 0 Å². The van der Waals surface area contributed by atoms with E-state index in [1.54, 1.807) is 47.9 Å². The van der Waals surface area contributed by atoms with E-state index in [1.807, 2.05) is 19.1 Å². The molecule has 0 saturated carbocycles. The van der Waals surface area contributed by atoms with Crippen LogP contribution >= 0.6 is 22.9 Å². The maximum atomic E-state index is 12.2. The van der Waals surface area contributed by atoms with Crippen LogP contribution in [-0.4, -0.2) is 16.7 Å². The van der Waals surface area contributed by atoms with E-state index in [2.05, 4.69) is 4.98 Å². The zero-order chi connectivity index (χ0) is 19.4. The number of allylic oxidation sites excluding steroid dienone is 1. The van der Waals surface area contributed by atoms with E-state index in [4.69, 9.17) is 11.6 Å². The van der Waals surface area contributed by atoms with Gasteiger partial charge in [0.15, 0.2) is 10.9 Å². The number of hydrogen-bond acceptors (Lipinski definition) is 4. The van der Waals surface area contributed by atoms with Crippen LogP contribution in [0, 0.1) is 6.92 Å². The summed E-state index contributed by atoms with van der Waals surface area (Å²) >= 11 is 7.36. The summed E-state index contributed by atoms with van der Waals surface area (Å²) in [5.41, 5.74) is 2.99. The van der Waals surface area contributed by atoms with Gasteiger partial charge in [0.05, 0.1) is 11.4 Å². The van der Waals surface area contributed by atoms with Gasteiger partial charge >= 0.3 is 0 Å². The second-order valence-electron chi connectivity index (χ2n) is 5.95. The minimum absolute atomic E-state index is 0.0946. The lowest BCUT2D eigenvalue weighted by molar-refractivity contribution is -0.115. The first-order valence-corrected chi connectivity index (χ1v) is 9.50. The summed E-state index contributed by atoms with van der Waals surface area (Å²) in [4.78, 5) is 30.3. The van der Waals surface area contributed by atoms with Gasteiger partial charge in [-0.05, 0) is 37.3 Å². The van der Waals surface area contributed by atoms with Crippen LogP contribution in [0.2, 0.25) is 5.02 Å². The highest BCUT2D eigenvalue weighted by molar-refractivity contribution is 7.14. The van der Waals surface area contributed by atoms with Crippen molar-refractivity contribution in [2.45, 2.75) is 13.8 Å². The summed E-state index contributed by atoms with van der Waals surface area (Å²) in [7, 11) is 0. The average molecular weight is 397 g/mol. The SMILES string of the molecule is CC(=O)N(c1cccc(Cl)c1)c1nc(/C=C/C(=O)c2ccc(C)cc2)cs1. The van der Waals surface area contributed by atoms with Crippen LogP contribution in [0.4, 0.5) is 10.8 Å². The normalized spacial score (nSPS) is 10.9. The Bertz CT molecular complexity index is 1010. The molecule has 1 aromatic heterocycles. The Morgan fingerprint density at radius 3 is 2.56 bits per heavy atom. The molecule has 0 saturated heterocycles. The van der Waals surface area contributed by atoms with Crippen LogP contribution in [0.5, 0.6) is 0 Å². The number of hydrogen-bond donors (Lipinski definition) is 0. The largest absolute Gasteiger partial charge is 0.289 e. The van der Waals surface area contributed by atoms with Gasteiger partial charge in [-0.2, -0.15) is 0 Å². The number of thiazole rings is 1. The Balaban J connectivity index is 1.81. The highest BCUT2D eigenvalue weighted by Crippen LogP contribution is 2.30. The van der Waals surface area contributed by atoms with E-state index >= 15 is 0 Å². The average Bonchev–Trinajstić information content (AvgIpc) is 3.08. The van der Waals surface area contributed by atoms with E-state index in [0.717, 1.165) is 5.56 Å². The molecular weight excluding hydrogens is 380 g/mol. The number of benzene rings is 2. The highest BCUT2D eigenvalue weighted by Gasteiger charge is 2.17. The minimum Gasteiger partial charge on any atom is -0.289 e. The van der Waals surface area contributed by atoms with Gasteiger partial charge in [0.25, 0.3) is 0 Å². The van der Waals surface area contributed by atoms with Crippen molar-refractivity contribution in [1.82, 2.24) is 4.98 Å². The molecule has 0 bridgehead atoms. The van der Waals surface area contributed by atoms with E-state index < -0.39 is 0 Å². The molecule has 0 aliphatic heterocycles. The summed E-state index contributed by atoms with van der Waals surface area (Å²) in [6.45, 7) is 3.44. The molecule has 0 radical (unpaired) electrons. The lowest BCUT2D eigenvalue weighted by Crippen LogP contribution is -2.22. The molecule has 0 aliphatic carbocycles. The number of halogens is 1. The van der Waals surface area contributed by atoms with Crippen LogP contribution in [-0.2, 0) is 4.79 Å². The van der Waals surface area contributed by atoms with E-state index in [1.165, 1.54) is 29.2 Å². The first-order valence-electron chi connectivity index (χ1n) is 8.25. The smallest absolute Gasteiger partial charge is 0.230 e. The van der Waals surface area contributed by atoms with Crippen molar-refractivity contribution in [2.75, 3.05) is 4.90 Å². The van der Waals surface area contributed by atoms with Crippen LogP contribution in [0.15, 0.2) is 60.0 Å². The van der Waals surface area contributed by atoms with Crippen molar-refractivity contribution in [3.05, 3.63) is 81.8 Å². The molecule has 4 nitrogen and oxygen atoms in total. The fourth-order valence-electron chi connectivity index (χ4n) is 2.47. The number of carbonyl (C=O) groups is 2. The molecule has 0 unspecified atom stereocenters. The third-order valence-corrected chi connectivity index (χ3v) is 4.90. The molecule has 1 heterocycles. The molecule has 6 heteroatoms. The van der Waals surface area contributed by atoms with Crippen LogP contribution in [0.3, 0.4) is 0 Å². The Hall–Kier alpha value is -2.76. The Kier molecular flexibility index (Phi) is 5.84. The first-order chi connectivity index (χ1) is 12.9. The maximum Gasteiger partial charge on any atom is 0.230 e. The fourth-order valence-corrected chi connectivity index (χ4v) is 3.51. The van der Waals surface area contributed by atoms with Crippen molar-refractivity contribution in [2.24, 2.45) is 0 Å². The van der Waals surface area contributed by atoms with Gasteiger partial charge in [0.2, 0.25) is 5.91 Å². The summed E-state index contributed by atoms with van der Waals surface area (Å²) < 4.78 is 0. The standard InChI is InChI=1S/C21H17ClN2O2S/c1-14-6-8-16(9-7-14)20(26)11-10-18-13-27-21(23-18)24(15(2)25)19-5-3-4-17(22)12-19/h3-13H,1-2H3/b11-10+. The number of aryl methyl sites for hydroxylation is 1. The van der Waals surface area contributed by atoms with Crippen LogP contribution in [0.1, 0.15) is 28.5 Å². The number of ketones is 1. The molecule has 27 heavy (non-hydrogen) atoms. The number of rotatable bonds is 5. The van der Waals surface area contributed by atoms with Gasteiger partial charge in [-0.25, -0.2) is 4.98 Å². The van der Waals surface area contributed by atoms with Crippen molar-refractivity contribution in [3.8, 4) is 0 Å². The predicted octanol–water partition coefficient (Wildman–Crippen LogP) is 5.69. The second kappa shape index (κ2) is 8.29. The molecule has 0 fully saturated rings. The molecule has 0 spiro atoms. The molecule has 3 aromatic rings. The number of nitrogens with zero attached hydrogens (tertiary/aromatic N) is 2. The van der Waals surface area contributed by atoms with Crippen molar-refractivity contribution >= 4 is 51.5 Å². The summed E-state index contributed by atoms with van der Waals surface area (Å²) in [5.74, 6) is -0.263. The van der Waals surface area contributed by atoms with Crippen LogP contribution in [0.25, 0.3) is 6.08 Å². The third-order valence-electron chi connectivity index (χ3n) is 3.82. The zero-order valence-electron chi connectivity index (χ0n) is 14.8. The molecular formula is C21H17ClN2O2S. The van der Waals surface area contributed by atoms with E-state index in [9.17, 15) is 9.59 Å². The van der Waals surface area contributed by atoms with Gasteiger partial charge in [0, 0.05) is 22.9 Å². The van der Waals surface area contributed by atoms with Crippen molar-refractivity contribution < 1.29 is 9.59 Å². The lowest BCUT2D eigenvalue weighted by Gasteiger charge is -2.18. The zero-order valence-corrected chi connectivity index (χ0v) is 16.4. The molecule has 136 valence electrons. The Morgan fingerprint density at radius 2 is 1.89 bits per heavy atom. The monoisotopic (exact) mass is 396 g/mol. The Labute approximate surface area is 166 Å². The summed E-state index contributed by atoms with van der Waals surface area (Å²) in [6, 6.07) is 14.4. The van der Waals surface area contributed by atoms with Crippen molar-refractivity contribution in [3.63, 3.8) is 0 Å². The lowest BCUT2D eigenvalue weighted by atomic mass is 10.1.